The van der Waals surface area contributed by atoms with Crippen molar-refractivity contribution in [1.82, 2.24) is 9.97 Å². The third-order valence-electron chi connectivity index (χ3n) is 2.81. The molecule has 0 amide bonds. The van der Waals surface area contributed by atoms with Gasteiger partial charge in [-0.15, -0.1) is 0 Å². The zero-order valence-corrected chi connectivity index (χ0v) is 13.7. The second-order valence-electron chi connectivity index (χ2n) is 4.88. The van der Waals surface area contributed by atoms with E-state index in [1.807, 2.05) is 19.9 Å². The number of aromatic nitrogens is 2. The maximum Gasteiger partial charge on any atom is 0.229 e. The van der Waals surface area contributed by atoms with E-state index in [0.29, 0.717) is 28.2 Å². The Kier molecular flexibility index (Phi) is 5.27. The molecule has 118 valence electrons. The van der Waals surface area contributed by atoms with Gasteiger partial charge in [0.15, 0.2) is 0 Å². The quantitative estimate of drug-likeness (QED) is 0.845. The summed E-state index contributed by atoms with van der Waals surface area (Å²) in [5, 5.41) is 6.81. The fraction of sp³-hybridized carbons (Fsp3) is 0.333. The highest BCUT2D eigenvalue weighted by Gasteiger charge is 2.11. The van der Waals surface area contributed by atoms with Gasteiger partial charge >= 0.3 is 0 Å². The van der Waals surface area contributed by atoms with Crippen LogP contribution >= 0.6 is 11.6 Å². The van der Waals surface area contributed by atoms with Gasteiger partial charge in [0.1, 0.15) is 17.3 Å². The lowest BCUT2D eigenvalue weighted by Crippen LogP contribution is -2.11. The average molecular weight is 323 g/mol. The Hall–Kier alpha value is -2.21. The standard InChI is InChI=1S/C15H19ClN4O2/c1-9(2)18-14-5-6-17-15(20-14)19-11-8-12(21-3)10(16)7-13(11)22-4/h5-9H,1-4H3,(H2,17,18,19,20). The lowest BCUT2D eigenvalue weighted by Gasteiger charge is -2.14. The summed E-state index contributed by atoms with van der Waals surface area (Å²) in [5.74, 6) is 2.32. The van der Waals surface area contributed by atoms with Gasteiger partial charge in [-0.2, -0.15) is 4.98 Å². The first-order valence-electron chi connectivity index (χ1n) is 6.81. The number of nitrogens with one attached hydrogen (secondary N) is 2. The van der Waals surface area contributed by atoms with Crippen molar-refractivity contribution >= 4 is 29.1 Å². The van der Waals surface area contributed by atoms with E-state index < -0.39 is 0 Å². The van der Waals surface area contributed by atoms with Crippen LogP contribution in [0.15, 0.2) is 24.4 Å². The van der Waals surface area contributed by atoms with Gasteiger partial charge in [0, 0.05) is 24.4 Å². The van der Waals surface area contributed by atoms with Crippen LogP contribution in [0.1, 0.15) is 13.8 Å². The maximum atomic E-state index is 6.09. The molecule has 0 spiro atoms. The molecule has 1 aromatic heterocycles. The fourth-order valence-electron chi connectivity index (χ4n) is 1.87. The first kappa shape index (κ1) is 16.2. The highest BCUT2D eigenvalue weighted by molar-refractivity contribution is 6.32. The van der Waals surface area contributed by atoms with Crippen LogP contribution in [0.4, 0.5) is 17.5 Å². The zero-order valence-electron chi connectivity index (χ0n) is 13.0. The predicted octanol–water partition coefficient (Wildman–Crippen LogP) is 3.71. The van der Waals surface area contributed by atoms with E-state index in [0.717, 1.165) is 5.82 Å². The van der Waals surface area contributed by atoms with Crippen LogP contribution in [-0.4, -0.2) is 30.2 Å². The number of rotatable bonds is 6. The summed E-state index contributed by atoms with van der Waals surface area (Å²) in [4.78, 5) is 8.60. The Morgan fingerprint density at radius 1 is 1.14 bits per heavy atom. The second kappa shape index (κ2) is 7.17. The van der Waals surface area contributed by atoms with Crippen molar-refractivity contribution in [3.8, 4) is 11.5 Å². The smallest absolute Gasteiger partial charge is 0.229 e. The third kappa shape index (κ3) is 3.92. The molecule has 1 heterocycles. The van der Waals surface area contributed by atoms with Crippen LogP contribution in [-0.2, 0) is 0 Å². The first-order chi connectivity index (χ1) is 10.5. The molecule has 0 atom stereocenters. The molecule has 2 aromatic rings. The summed E-state index contributed by atoms with van der Waals surface area (Å²) < 4.78 is 10.5. The molecule has 7 heteroatoms. The minimum atomic E-state index is 0.285. The van der Waals surface area contributed by atoms with Crippen molar-refractivity contribution in [2.75, 3.05) is 24.9 Å². The van der Waals surface area contributed by atoms with Crippen molar-refractivity contribution in [3.63, 3.8) is 0 Å². The van der Waals surface area contributed by atoms with Crippen LogP contribution in [0, 0.1) is 0 Å². The van der Waals surface area contributed by atoms with Crippen LogP contribution in [0.2, 0.25) is 5.02 Å². The van der Waals surface area contributed by atoms with Crippen LogP contribution in [0.5, 0.6) is 11.5 Å². The normalized spacial score (nSPS) is 10.5. The van der Waals surface area contributed by atoms with E-state index in [1.54, 1.807) is 32.5 Å². The highest BCUT2D eigenvalue weighted by Crippen LogP contribution is 2.36. The van der Waals surface area contributed by atoms with E-state index in [9.17, 15) is 0 Å². The summed E-state index contributed by atoms with van der Waals surface area (Å²) in [7, 11) is 3.13. The second-order valence-corrected chi connectivity index (χ2v) is 5.28. The molecule has 1 aromatic carbocycles. The molecule has 6 nitrogen and oxygen atoms in total. The molecule has 0 aliphatic rings. The molecule has 0 fully saturated rings. The van der Waals surface area contributed by atoms with Crippen LogP contribution in [0.25, 0.3) is 0 Å². The van der Waals surface area contributed by atoms with E-state index in [-0.39, 0.29) is 6.04 Å². The Morgan fingerprint density at radius 3 is 2.50 bits per heavy atom. The Morgan fingerprint density at radius 2 is 1.86 bits per heavy atom. The van der Waals surface area contributed by atoms with Gasteiger partial charge in [0.05, 0.1) is 24.9 Å². The molecule has 0 radical (unpaired) electrons. The summed E-state index contributed by atoms with van der Waals surface area (Å²) in [6, 6.07) is 5.52. The Balaban J connectivity index is 2.30. The van der Waals surface area contributed by atoms with E-state index in [1.165, 1.54) is 0 Å². The number of hydrogen-bond donors (Lipinski definition) is 2. The third-order valence-corrected chi connectivity index (χ3v) is 3.11. The van der Waals surface area contributed by atoms with Crippen molar-refractivity contribution < 1.29 is 9.47 Å². The van der Waals surface area contributed by atoms with Gasteiger partial charge in [0.25, 0.3) is 0 Å². The molecule has 2 N–H and O–H groups in total. The number of anilines is 3. The van der Waals surface area contributed by atoms with E-state index in [4.69, 9.17) is 21.1 Å². The van der Waals surface area contributed by atoms with Gasteiger partial charge < -0.3 is 20.1 Å². The molecule has 0 saturated carbocycles. The van der Waals surface area contributed by atoms with E-state index in [2.05, 4.69) is 20.6 Å². The minimum absolute atomic E-state index is 0.285. The topological polar surface area (TPSA) is 68.3 Å². The van der Waals surface area contributed by atoms with Gasteiger partial charge in [-0.25, -0.2) is 4.98 Å². The van der Waals surface area contributed by atoms with Crippen molar-refractivity contribution in [1.29, 1.82) is 0 Å². The summed E-state index contributed by atoms with van der Waals surface area (Å²) in [6.07, 6.45) is 1.68. The number of benzene rings is 1. The highest BCUT2D eigenvalue weighted by atomic mass is 35.5. The molecule has 0 aliphatic heterocycles. The van der Waals surface area contributed by atoms with Crippen molar-refractivity contribution in [2.45, 2.75) is 19.9 Å². The maximum absolute atomic E-state index is 6.09. The number of ether oxygens (including phenoxy) is 2. The van der Waals surface area contributed by atoms with Crippen molar-refractivity contribution in [2.24, 2.45) is 0 Å². The number of halogens is 1. The molecule has 2 rings (SSSR count). The molecular weight excluding hydrogens is 304 g/mol. The molecular formula is C15H19ClN4O2. The van der Waals surface area contributed by atoms with Gasteiger partial charge in [0.2, 0.25) is 5.95 Å². The lowest BCUT2D eigenvalue weighted by atomic mass is 10.2. The summed E-state index contributed by atoms with van der Waals surface area (Å²) in [6.45, 7) is 4.09. The van der Waals surface area contributed by atoms with Crippen molar-refractivity contribution in [3.05, 3.63) is 29.4 Å². The zero-order chi connectivity index (χ0) is 16.1. The Bertz CT molecular complexity index is 649. The summed E-state index contributed by atoms with van der Waals surface area (Å²) in [5.41, 5.74) is 0.672. The SMILES string of the molecule is COc1cc(Nc2nccc(NC(C)C)n2)c(OC)cc1Cl. The van der Waals surface area contributed by atoms with Crippen LogP contribution in [0.3, 0.4) is 0 Å². The minimum Gasteiger partial charge on any atom is -0.495 e. The van der Waals surface area contributed by atoms with Gasteiger partial charge in [-0.3, -0.25) is 0 Å². The average Bonchev–Trinajstić information content (AvgIpc) is 2.48. The molecule has 0 bridgehead atoms. The monoisotopic (exact) mass is 322 g/mol. The first-order valence-corrected chi connectivity index (χ1v) is 7.19. The number of nitrogens with zero attached hydrogens (tertiary/aromatic N) is 2. The van der Waals surface area contributed by atoms with Gasteiger partial charge in [-0.05, 0) is 19.9 Å². The number of hydrogen-bond acceptors (Lipinski definition) is 6. The molecule has 0 unspecified atom stereocenters. The largest absolute Gasteiger partial charge is 0.495 e. The lowest BCUT2D eigenvalue weighted by molar-refractivity contribution is 0.405. The fourth-order valence-corrected chi connectivity index (χ4v) is 2.10. The van der Waals surface area contributed by atoms with Gasteiger partial charge in [-0.1, -0.05) is 11.6 Å². The molecule has 0 aliphatic carbocycles. The molecule has 0 saturated heterocycles. The summed E-state index contributed by atoms with van der Waals surface area (Å²) >= 11 is 6.09. The number of methoxy groups -OCH3 is 2. The molecule has 22 heavy (non-hydrogen) atoms. The Labute approximate surface area is 134 Å². The van der Waals surface area contributed by atoms with Crippen LogP contribution < -0.4 is 20.1 Å². The van der Waals surface area contributed by atoms with E-state index >= 15 is 0 Å². The predicted molar refractivity (Wildman–Crippen MR) is 88.6 cm³/mol.